The Balaban J connectivity index is 1.79. The van der Waals surface area contributed by atoms with Gasteiger partial charge >= 0.3 is 0 Å². The summed E-state index contributed by atoms with van der Waals surface area (Å²) < 4.78 is 0. The van der Waals surface area contributed by atoms with Gasteiger partial charge in [0.25, 0.3) is 5.91 Å². The molecule has 102 valence electrons. The van der Waals surface area contributed by atoms with Crippen LogP contribution in [0.3, 0.4) is 0 Å². The summed E-state index contributed by atoms with van der Waals surface area (Å²) in [7, 11) is 1.93. The fourth-order valence-electron chi connectivity index (χ4n) is 2.90. The van der Waals surface area contributed by atoms with E-state index in [0.717, 1.165) is 25.1 Å². The highest BCUT2D eigenvalue weighted by molar-refractivity contribution is 5.94. The predicted molar refractivity (Wildman–Crippen MR) is 76.1 cm³/mol. The molecule has 1 aromatic rings. The number of benzene rings is 1. The van der Waals surface area contributed by atoms with Gasteiger partial charge in [0.05, 0.1) is 0 Å². The molecule has 0 spiro atoms. The van der Waals surface area contributed by atoms with Gasteiger partial charge in [0, 0.05) is 25.2 Å². The van der Waals surface area contributed by atoms with E-state index < -0.39 is 0 Å². The second kappa shape index (κ2) is 4.97. The number of nitrogens with one attached hydrogen (secondary N) is 1. The first-order valence-corrected chi connectivity index (χ1v) is 7.26. The maximum Gasteiger partial charge on any atom is 0.253 e. The Morgan fingerprint density at radius 2 is 2.16 bits per heavy atom. The smallest absolute Gasteiger partial charge is 0.253 e. The van der Waals surface area contributed by atoms with E-state index in [2.05, 4.69) is 24.4 Å². The van der Waals surface area contributed by atoms with Crippen molar-refractivity contribution in [2.45, 2.75) is 38.8 Å². The second-order valence-electron chi connectivity index (χ2n) is 5.90. The van der Waals surface area contributed by atoms with Crippen molar-refractivity contribution < 1.29 is 4.79 Å². The Hall–Kier alpha value is -1.35. The molecule has 3 nitrogen and oxygen atoms in total. The van der Waals surface area contributed by atoms with Crippen LogP contribution in [0.4, 0.5) is 0 Å². The molecule has 1 aliphatic heterocycles. The number of carbonyl (C=O) groups excluding carboxylic acids is 1. The average Bonchev–Trinajstić information content (AvgIpc) is 3.29. The summed E-state index contributed by atoms with van der Waals surface area (Å²) in [4.78, 5) is 14.4. The summed E-state index contributed by atoms with van der Waals surface area (Å²) >= 11 is 0. The first kappa shape index (κ1) is 12.7. The summed E-state index contributed by atoms with van der Waals surface area (Å²) in [6.45, 7) is 4.09. The molecule has 3 rings (SSSR count). The van der Waals surface area contributed by atoms with Crippen LogP contribution in [0.2, 0.25) is 0 Å². The SMILES string of the molecule is CC(C1CC1)N(C)C(=O)c1ccc2c(c1)CNCC2. The van der Waals surface area contributed by atoms with E-state index in [1.54, 1.807) is 0 Å². The van der Waals surface area contributed by atoms with Crippen molar-refractivity contribution in [3.63, 3.8) is 0 Å². The third kappa shape index (κ3) is 2.52. The Bertz CT molecular complexity index is 494. The zero-order chi connectivity index (χ0) is 13.4. The number of hydrogen-bond donors (Lipinski definition) is 1. The number of carbonyl (C=O) groups is 1. The van der Waals surface area contributed by atoms with Gasteiger partial charge in [-0.2, -0.15) is 0 Å². The summed E-state index contributed by atoms with van der Waals surface area (Å²) in [6.07, 6.45) is 3.61. The van der Waals surface area contributed by atoms with E-state index in [9.17, 15) is 4.79 Å². The minimum Gasteiger partial charge on any atom is -0.339 e. The zero-order valence-corrected chi connectivity index (χ0v) is 11.8. The van der Waals surface area contributed by atoms with Crippen molar-refractivity contribution >= 4 is 5.91 Å². The maximum atomic E-state index is 12.5. The van der Waals surface area contributed by atoms with Gasteiger partial charge < -0.3 is 10.2 Å². The Labute approximate surface area is 115 Å². The number of nitrogens with zero attached hydrogens (tertiary/aromatic N) is 1. The fraction of sp³-hybridized carbons (Fsp3) is 0.562. The third-order valence-electron chi connectivity index (χ3n) is 4.58. The van der Waals surface area contributed by atoms with Crippen LogP contribution in [0.15, 0.2) is 18.2 Å². The van der Waals surface area contributed by atoms with Crippen LogP contribution >= 0.6 is 0 Å². The highest BCUT2D eigenvalue weighted by atomic mass is 16.2. The normalized spacial score (nSPS) is 19.7. The lowest BCUT2D eigenvalue weighted by atomic mass is 9.98. The molecule has 0 bridgehead atoms. The van der Waals surface area contributed by atoms with Crippen molar-refractivity contribution in [1.29, 1.82) is 0 Å². The average molecular weight is 258 g/mol. The van der Waals surface area contributed by atoms with Gasteiger partial charge in [-0.3, -0.25) is 4.79 Å². The molecule has 1 aliphatic carbocycles. The number of fused-ring (bicyclic) bond motifs is 1. The highest BCUT2D eigenvalue weighted by Gasteiger charge is 2.32. The monoisotopic (exact) mass is 258 g/mol. The molecule has 1 heterocycles. The summed E-state index contributed by atoms with van der Waals surface area (Å²) in [5.41, 5.74) is 3.50. The highest BCUT2D eigenvalue weighted by Crippen LogP contribution is 2.35. The molecule has 2 aliphatic rings. The van der Waals surface area contributed by atoms with E-state index in [1.807, 2.05) is 18.0 Å². The summed E-state index contributed by atoms with van der Waals surface area (Å²) in [6, 6.07) is 6.54. The van der Waals surface area contributed by atoms with Crippen molar-refractivity contribution in [3.8, 4) is 0 Å². The van der Waals surface area contributed by atoms with Crippen LogP contribution in [0.5, 0.6) is 0 Å². The van der Waals surface area contributed by atoms with E-state index in [0.29, 0.717) is 12.0 Å². The molecule has 1 atom stereocenters. The lowest BCUT2D eigenvalue weighted by Crippen LogP contribution is -2.36. The fourth-order valence-corrected chi connectivity index (χ4v) is 2.90. The molecule has 0 aromatic heterocycles. The van der Waals surface area contributed by atoms with Crippen molar-refractivity contribution in [3.05, 3.63) is 34.9 Å². The van der Waals surface area contributed by atoms with Gasteiger partial charge in [-0.25, -0.2) is 0 Å². The minimum absolute atomic E-state index is 0.160. The molecule has 0 radical (unpaired) electrons. The van der Waals surface area contributed by atoms with E-state index in [-0.39, 0.29) is 5.91 Å². The van der Waals surface area contributed by atoms with Crippen LogP contribution in [0.1, 0.15) is 41.3 Å². The van der Waals surface area contributed by atoms with Gasteiger partial charge in [0.1, 0.15) is 0 Å². The van der Waals surface area contributed by atoms with E-state index in [1.165, 1.54) is 24.0 Å². The third-order valence-corrected chi connectivity index (χ3v) is 4.58. The van der Waals surface area contributed by atoms with Crippen molar-refractivity contribution in [1.82, 2.24) is 10.2 Å². The number of hydrogen-bond acceptors (Lipinski definition) is 2. The summed E-state index contributed by atoms with van der Waals surface area (Å²) in [5, 5.41) is 3.36. The quantitative estimate of drug-likeness (QED) is 0.901. The lowest BCUT2D eigenvalue weighted by molar-refractivity contribution is 0.0727. The molecule has 1 amide bonds. The molecule has 0 saturated heterocycles. The number of rotatable bonds is 3. The topological polar surface area (TPSA) is 32.3 Å². The lowest BCUT2D eigenvalue weighted by Gasteiger charge is -2.26. The first-order valence-electron chi connectivity index (χ1n) is 7.26. The first-order chi connectivity index (χ1) is 9.16. The molecule has 1 unspecified atom stereocenters. The van der Waals surface area contributed by atoms with Crippen molar-refractivity contribution in [2.75, 3.05) is 13.6 Å². The molecule has 1 saturated carbocycles. The van der Waals surface area contributed by atoms with Gasteiger partial charge in [0.15, 0.2) is 0 Å². The molecule has 3 heteroatoms. The van der Waals surface area contributed by atoms with Crippen LogP contribution in [-0.4, -0.2) is 30.4 Å². The molecular formula is C16H22N2O. The van der Waals surface area contributed by atoms with E-state index >= 15 is 0 Å². The van der Waals surface area contributed by atoms with Crippen LogP contribution in [0, 0.1) is 5.92 Å². The molecule has 1 N–H and O–H groups in total. The Morgan fingerprint density at radius 1 is 1.37 bits per heavy atom. The van der Waals surface area contributed by atoms with Gasteiger partial charge in [-0.1, -0.05) is 6.07 Å². The molecule has 1 aromatic carbocycles. The van der Waals surface area contributed by atoms with Gasteiger partial charge in [-0.05, 0) is 61.9 Å². The zero-order valence-electron chi connectivity index (χ0n) is 11.8. The van der Waals surface area contributed by atoms with Gasteiger partial charge in [0.2, 0.25) is 0 Å². The Kier molecular flexibility index (Phi) is 3.31. The van der Waals surface area contributed by atoms with Crippen LogP contribution in [-0.2, 0) is 13.0 Å². The maximum absolute atomic E-state index is 12.5. The van der Waals surface area contributed by atoms with Crippen LogP contribution < -0.4 is 5.32 Å². The van der Waals surface area contributed by atoms with Crippen molar-refractivity contribution in [2.24, 2.45) is 5.92 Å². The standard InChI is InChI=1S/C16H22N2O/c1-11(12-3-4-12)18(2)16(19)14-6-5-13-7-8-17-10-15(13)9-14/h5-6,9,11-12,17H,3-4,7-8,10H2,1-2H3. The molecular weight excluding hydrogens is 236 g/mol. The second-order valence-corrected chi connectivity index (χ2v) is 5.90. The minimum atomic E-state index is 0.160. The summed E-state index contributed by atoms with van der Waals surface area (Å²) in [5.74, 6) is 0.876. The number of amides is 1. The Morgan fingerprint density at radius 3 is 2.89 bits per heavy atom. The predicted octanol–water partition coefficient (Wildman–Crippen LogP) is 2.20. The largest absolute Gasteiger partial charge is 0.339 e. The van der Waals surface area contributed by atoms with E-state index in [4.69, 9.17) is 0 Å². The molecule has 1 fully saturated rings. The van der Waals surface area contributed by atoms with Gasteiger partial charge in [-0.15, -0.1) is 0 Å². The van der Waals surface area contributed by atoms with Crippen LogP contribution in [0.25, 0.3) is 0 Å². The molecule has 19 heavy (non-hydrogen) atoms.